The van der Waals surface area contributed by atoms with Gasteiger partial charge in [-0.1, -0.05) is 77.1 Å². The molecule has 7 nitrogen and oxygen atoms in total. The number of nitrogens with one attached hydrogen (secondary N) is 2. The van der Waals surface area contributed by atoms with Gasteiger partial charge in [0.15, 0.2) is 0 Å². The van der Waals surface area contributed by atoms with Crippen molar-refractivity contribution in [2.45, 2.75) is 131 Å². The molecule has 0 aliphatic carbocycles. The van der Waals surface area contributed by atoms with Gasteiger partial charge in [-0.15, -0.1) is 0 Å². The standard InChI is InChI=1S/C31H53N3O4/c1-11-14-15-19-34(29(36)26(22(5)13-3)33-30(37)38-31(8,9)10)27(28(35)32-24(7)16-12-2)25-20-21(4)17-18-23(25)6/h17-18,20,22,24,26-27H,11-16,19H2,1-10H3,(H,32,35)(H,33,37). The second-order valence-corrected chi connectivity index (χ2v) is 11.7. The van der Waals surface area contributed by atoms with Crippen LogP contribution in [0.1, 0.15) is 117 Å². The van der Waals surface area contributed by atoms with E-state index in [0.717, 1.165) is 48.8 Å². The van der Waals surface area contributed by atoms with Crippen molar-refractivity contribution in [1.82, 2.24) is 15.5 Å². The first kappa shape index (κ1) is 33.5. The summed E-state index contributed by atoms with van der Waals surface area (Å²) in [5, 5.41) is 6.00. The topological polar surface area (TPSA) is 87.7 Å². The van der Waals surface area contributed by atoms with E-state index in [-0.39, 0.29) is 23.8 Å². The predicted molar refractivity (Wildman–Crippen MR) is 155 cm³/mol. The Labute approximate surface area is 231 Å². The van der Waals surface area contributed by atoms with Gasteiger partial charge in [-0.3, -0.25) is 9.59 Å². The van der Waals surface area contributed by atoms with Crippen LogP contribution >= 0.6 is 0 Å². The van der Waals surface area contributed by atoms with Crippen molar-refractivity contribution in [3.63, 3.8) is 0 Å². The van der Waals surface area contributed by atoms with Gasteiger partial charge in [0.25, 0.3) is 0 Å². The number of nitrogens with zero attached hydrogens (tertiary/aromatic N) is 1. The lowest BCUT2D eigenvalue weighted by Gasteiger charge is -2.37. The molecule has 0 spiro atoms. The highest BCUT2D eigenvalue weighted by Crippen LogP contribution is 2.29. The SMILES string of the molecule is CCCCCN(C(=O)C(NC(=O)OC(C)(C)C)C(C)CC)C(C(=O)NC(C)CCC)c1cc(C)ccc1C. The number of alkyl carbamates (subject to hydrolysis) is 1. The average molecular weight is 532 g/mol. The van der Waals surface area contributed by atoms with Gasteiger partial charge >= 0.3 is 6.09 Å². The van der Waals surface area contributed by atoms with Gasteiger partial charge in [0.2, 0.25) is 11.8 Å². The van der Waals surface area contributed by atoms with Gasteiger partial charge < -0.3 is 20.3 Å². The lowest BCUT2D eigenvalue weighted by Crippen LogP contribution is -2.56. The predicted octanol–water partition coefficient (Wildman–Crippen LogP) is 6.61. The first-order valence-corrected chi connectivity index (χ1v) is 14.4. The van der Waals surface area contributed by atoms with Crippen molar-refractivity contribution >= 4 is 17.9 Å². The highest BCUT2D eigenvalue weighted by Gasteiger charge is 2.38. The van der Waals surface area contributed by atoms with Crippen LogP contribution in [0.3, 0.4) is 0 Å². The van der Waals surface area contributed by atoms with E-state index in [4.69, 9.17) is 4.74 Å². The second kappa shape index (κ2) is 15.7. The molecule has 3 amide bonds. The molecular weight excluding hydrogens is 478 g/mol. The number of ether oxygens (including phenoxy) is 1. The third-order valence-electron chi connectivity index (χ3n) is 6.84. The summed E-state index contributed by atoms with van der Waals surface area (Å²) in [7, 11) is 0. The molecule has 216 valence electrons. The summed E-state index contributed by atoms with van der Waals surface area (Å²) in [4.78, 5) is 42.7. The Kier molecular flexibility index (Phi) is 13.9. The molecule has 0 saturated carbocycles. The number of rotatable bonds is 14. The third kappa shape index (κ3) is 10.7. The maximum Gasteiger partial charge on any atom is 0.408 e. The molecule has 1 rings (SSSR count). The zero-order valence-corrected chi connectivity index (χ0v) is 25.6. The number of hydrogen-bond acceptors (Lipinski definition) is 4. The van der Waals surface area contributed by atoms with Crippen LogP contribution in [0.25, 0.3) is 0 Å². The summed E-state index contributed by atoms with van der Waals surface area (Å²) >= 11 is 0. The van der Waals surface area contributed by atoms with Gasteiger partial charge in [-0.2, -0.15) is 0 Å². The van der Waals surface area contributed by atoms with E-state index < -0.39 is 23.8 Å². The van der Waals surface area contributed by atoms with Crippen molar-refractivity contribution in [2.75, 3.05) is 6.54 Å². The van der Waals surface area contributed by atoms with Crippen LogP contribution in [0.5, 0.6) is 0 Å². The van der Waals surface area contributed by atoms with Gasteiger partial charge in [-0.05, 0) is 71.4 Å². The molecule has 38 heavy (non-hydrogen) atoms. The van der Waals surface area contributed by atoms with E-state index in [9.17, 15) is 14.4 Å². The van der Waals surface area contributed by atoms with Crippen molar-refractivity contribution in [3.8, 4) is 0 Å². The lowest BCUT2D eigenvalue weighted by atomic mass is 9.93. The minimum atomic E-state index is -0.815. The number of amides is 3. The molecule has 0 aromatic heterocycles. The van der Waals surface area contributed by atoms with E-state index in [1.807, 2.05) is 52.8 Å². The van der Waals surface area contributed by atoms with Crippen LogP contribution in [0.2, 0.25) is 0 Å². The summed E-state index contributed by atoms with van der Waals surface area (Å²) in [6.45, 7) is 19.9. The minimum absolute atomic E-state index is 0.0158. The Morgan fingerprint density at radius 3 is 2.18 bits per heavy atom. The van der Waals surface area contributed by atoms with Gasteiger partial charge in [0, 0.05) is 12.6 Å². The molecule has 4 unspecified atom stereocenters. The summed E-state index contributed by atoms with van der Waals surface area (Å²) < 4.78 is 5.50. The zero-order chi connectivity index (χ0) is 29.0. The van der Waals surface area contributed by atoms with Crippen LogP contribution in [-0.2, 0) is 14.3 Å². The highest BCUT2D eigenvalue weighted by molar-refractivity contribution is 5.92. The molecule has 2 N–H and O–H groups in total. The molecule has 0 fully saturated rings. The Balaban J connectivity index is 3.61. The summed E-state index contributed by atoms with van der Waals surface area (Å²) in [5.74, 6) is -0.597. The van der Waals surface area contributed by atoms with Gasteiger partial charge in [-0.25, -0.2) is 4.79 Å². The van der Waals surface area contributed by atoms with Crippen LogP contribution in [0.15, 0.2) is 18.2 Å². The van der Waals surface area contributed by atoms with E-state index in [1.165, 1.54) is 0 Å². The number of benzene rings is 1. The molecular formula is C31H53N3O4. The van der Waals surface area contributed by atoms with Crippen molar-refractivity contribution < 1.29 is 19.1 Å². The fourth-order valence-corrected chi connectivity index (χ4v) is 4.53. The van der Waals surface area contributed by atoms with Crippen molar-refractivity contribution in [2.24, 2.45) is 5.92 Å². The molecule has 0 heterocycles. The van der Waals surface area contributed by atoms with Gasteiger partial charge in [0.1, 0.15) is 17.7 Å². The van der Waals surface area contributed by atoms with E-state index in [1.54, 1.807) is 25.7 Å². The molecule has 1 aromatic carbocycles. The normalized spacial score (nSPS) is 14.7. The fourth-order valence-electron chi connectivity index (χ4n) is 4.53. The number of carbonyl (C=O) groups is 3. The number of aryl methyl sites for hydroxylation is 2. The maximum absolute atomic E-state index is 14.3. The monoisotopic (exact) mass is 531 g/mol. The van der Waals surface area contributed by atoms with Crippen LogP contribution in [-0.4, -0.2) is 47.0 Å². The Bertz CT molecular complexity index is 909. The minimum Gasteiger partial charge on any atom is -0.444 e. The first-order valence-electron chi connectivity index (χ1n) is 14.4. The maximum atomic E-state index is 14.3. The average Bonchev–Trinajstić information content (AvgIpc) is 2.82. The number of hydrogen-bond donors (Lipinski definition) is 2. The number of unbranched alkanes of at least 4 members (excludes halogenated alkanes) is 2. The Hall–Kier alpha value is -2.57. The first-order chi connectivity index (χ1) is 17.7. The largest absolute Gasteiger partial charge is 0.444 e. The van der Waals surface area contributed by atoms with Crippen LogP contribution < -0.4 is 10.6 Å². The summed E-state index contributed by atoms with van der Waals surface area (Å²) in [6, 6.07) is 4.39. The van der Waals surface area contributed by atoms with Crippen molar-refractivity contribution in [1.29, 1.82) is 0 Å². The fraction of sp³-hybridized carbons (Fsp3) is 0.710. The third-order valence-corrected chi connectivity index (χ3v) is 6.84. The molecule has 1 aromatic rings. The molecule has 0 bridgehead atoms. The summed E-state index contributed by atoms with van der Waals surface area (Å²) in [6.07, 6.45) is 4.54. The second-order valence-electron chi connectivity index (χ2n) is 11.7. The molecule has 0 aliphatic rings. The quantitative estimate of drug-likeness (QED) is 0.265. The zero-order valence-electron chi connectivity index (χ0n) is 25.6. The molecule has 0 aliphatic heterocycles. The van der Waals surface area contributed by atoms with Crippen LogP contribution in [0.4, 0.5) is 4.79 Å². The molecule has 0 saturated heterocycles. The van der Waals surface area contributed by atoms with Crippen LogP contribution in [0, 0.1) is 19.8 Å². The van der Waals surface area contributed by atoms with E-state index in [0.29, 0.717) is 13.0 Å². The Morgan fingerprint density at radius 1 is 0.974 bits per heavy atom. The molecule has 7 heteroatoms. The van der Waals surface area contributed by atoms with E-state index in [2.05, 4.69) is 24.5 Å². The smallest absolute Gasteiger partial charge is 0.408 e. The lowest BCUT2D eigenvalue weighted by molar-refractivity contribution is -0.143. The van der Waals surface area contributed by atoms with Crippen molar-refractivity contribution in [3.05, 3.63) is 34.9 Å². The van der Waals surface area contributed by atoms with E-state index >= 15 is 0 Å². The summed E-state index contributed by atoms with van der Waals surface area (Å²) in [5.41, 5.74) is 2.10. The molecule has 4 atom stereocenters. The highest BCUT2D eigenvalue weighted by atomic mass is 16.6. The Morgan fingerprint density at radius 2 is 1.63 bits per heavy atom. The molecule has 0 radical (unpaired) electrons. The number of carbonyl (C=O) groups excluding carboxylic acids is 3. The van der Waals surface area contributed by atoms with Gasteiger partial charge in [0.05, 0.1) is 0 Å².